The number of aliphatic hydroxyl groups excluding tert-OH is 1. The van der Waals surface area contributed by atoms with Gasteiger partial charge in [-0.25, -0.2) is 0 Å². The first-order valence-corrected chi connectivity index (χ1v) is 7.76. The summed E-state index contributed by atoms with van der Waals surface area (Å²) in [5, 5.41) is 9.71. The molecule has 0 aromatic carbocycles. The molecule has 0 aromatic rings. The minimum absolute atomic E-state index is 0.178. The molecule has 3 heteroatoms. The second-order valence-corrected chi connectivity index (χ2v) is 7.46. The van der Waals surface area contributed by atoms with Crippen molar-refractivity contribution in [2.75, 3.05) is 0 Å². The fraction of sp³-hybridized carbons (Fsp3) is 1.00. The van der Waals surface area contributed by atoms with Gasteiger partial charge in [0.15, 0.2) is 5.79 Å². The van der Waals surface area contributed by atoms with Crippen LogP contribution in [0, 0.1) is 23.7 Å². The monoisotopic (exact) mass is 250 g/mol. The Bertz CT molecular complexity index is 336. The van der Waals surface area contributed by atoms with Crippen LogP contribution in [0.2, 0.25) is 0 Å². The maximum atomic E-state index is 9.71. The lowest BCUT2D eigenvalue weighted by molar-refractivity contribution is -0.302. The van der Waals surface area contributed by atoms with Gasteiger partial charge in [0.25, 0.3) is 0 Å². The lowest BCUT2D eigenvalue weighted by Crippen LogP contribution is -2.58. The van der Waals surface area contributed by atoms with Gasteiger partial charge in [-0.05, 0) is 43.9 Å². The van der Waals surface area contributed by atoms with E-state index < -0.39 is 0 Å². The molecular weight excluding hydrogens is 228 g/mol. The minimum Gasteiger partial charge on any atom is -0.393 e. The molecule has 5 saturated carbocycles. The van der Waals surface area contributed by atoms with E-state index in [4.69, 9.17) is 9.47 Å². The van der Waals surface area contributed by atoms with Crippen LogP contribution in [0.25, 0.3) is 0 Å². The SMILES string of the molecule is OC1CC2OC3(OC2C1)C1CC2CC(C1)CC3C2. The van der Waals surface area contributed by atoms with E-state index in [0.717, 1.165) is 24.7 Å². The summed E-state index contributed by atoms with van der Waals surface area (Å²) in [7, 11) is 0. The van der Waals surface area contributed by atoms with Gasteiger partial charge < -0.3 is 14.6 Å². The quantitative estimate of drug-likeness (QED) is 0.715. The third-order valence-corrected chi connectivity index (χ3v) is 6.37. The van der Waals surface area contributed by atoms with E-state index in [1.165, 1.54) is 32.1 Å². The summed E-state index contributed by atoms with van der Waals surface area (Å²) >= 11 is 0. The molecule has 18 heavy (non-hydrogen) atoms. The fourth-order valence-corrected chi connectivity index (χ4v) is 5.91. The van der Waals surface area contributed by atoms with Crippen LogP contribution in [-0.2, 0) is 9.47 Å². The predicted octanol–water partition coefficient (Wildman–Crippen LogP) is 2.08. The van der Waals surface area contributed by atoms with Gasteiger partial charge >= 0.3 is 0 Å². The highest BCUT2D eigenvalue weighted by molar-refractivity contribution is 5.08. The molecule has 100 valence electrons. The molecule has 0 amide bonds. The van der Waals surface area contributed by atoms with Gasteiger partial charge in [-0.15, -0.1) is 0 Å². The maximum absolute atomic E-state index is 9.71. The van der Waals surface area contributed by atoms with Crippen LogP contribution in [0.3, 0.4) is 0 Å². The topological polar surface area (TPSA) is 38.7 Å². The molecule has 5 aliphatic carbocycles. The summed E-state index contributed by atoms with van der Waals surface area (Å²) in [6.07, 6.45) is 8.52. The first-order valence-electron chi connectivity index (χ1n) is 7.76. The first-order chi connectivity index (χ1) is 8.73. The van der Waals surface area contributed by atoms with E-state index in [0.29, 0.717) is 11.8 Å². The molecule has 1 aliphatic heterocycles. The van der Waals surface area contributed by atoms with Gasteiger partial charge in [-0.2, -0.15) is 0 Å². The number of aliphatic hydroxyl groups is 1. The second kappa shape index (κ2) is 3.31. The highest BCUT2D eigenvalue weighted by Crippen LogP contribution is 2.63. The standard InChI is InChI=1S/C15H22O3/c16-12-6-13-14(7-12)18-15(17-13)10-2-8-1-9(4-10)5-11(15)3-8/h8-14,16H,1-7H2. The number of rotatable bonds is 0. The van der Waals surface area contributed by atoms with Gasteiger partial charge in [0, 0.05) is 24.7 Å². The molecule has 3 nitrogen and oxygen atoms in total. The molecule has 1 saturated heterocycles. The molecule has 6 aliphatic rings. The zero-order valence-corrected chi connectivity index (χ0v) is 10.8. The van der Waals surface area contributed by atoms with Crippen LogP contribution in [-0.4, -0.2) is 29.2 Å². The summed E-state index contributed by atoms with van der Waals surface area (Å²) in [5.74, 6) is 2.98. The Morgan fingerprint density at radius 2 is 1.22 bits per heavy atom. The number of fused-ring (bicyclic) bond motifs is 1. The third-order valence-electron chi connectivity index (χ3n) is 6.37. The molecule has 0 radical (unpaired) electrons. The van der Waals surface area contributed by atoms with Crippen molar-refractivity contribution in [1.29, 1.82) is 0 Å². The fourth-order valence-electron chi connectivity index (χ4n) is 5.91. The lowest BCUT2D eigenvalue weighted by atomic mass is 9.53. The predicted molar refractivity (Wildman–Crippen MR) is 64.8 cm³/mol. The highest BCUT2D eigenvalue weighted by atomic mass is 16.8. The Balaban J connectivity index is 1.47. The zero-order chi connectivity index (χ0) is 11.9. The second-order valence-electron chi connectivity index (χ2n) is 7.46. The van der Waals surface area contributed by atoms with Crippen molar-refractivity contribution >= 4 is 0 Å². The van der Waals surface area contributed by atoms with Crippen LogP contribution >= 0.6 is 0 Å². The van der Waals surface area contributed by atoms with Crippen LogP contribution in [0.5, 0.6) is 0 Å². The van der Waals surface area contributed by atoms with Crippen molar-refractivity contribution in [1.82, 2.24) is 0 Å². The van der Waals surface area contributed by atoms with E-state index in [-0.39, 0.29) is 24.1 Å². The molecule has 1 spiro atoms. The number of hydrogen-bond acceptors (Lipinski definition) is 3. The molecule has 1 N–H and O–H groups in total. The van der Waals surface area contributed by atoms with Crippen LogP contribution < -0.4 is 0 Å². The van der Waals surface area contributed by atoms with Crippen molar-refractivity contribution in [3.8, 4) is 0 Å². The van der Waals surface area contributed by atoms with Gasteiger partial charge in [0.2, 0.25) is 0 Å². The van der Waals surface area contributed by atoms with E-state index >= 15 is 0 Å². The van der Waals surface area contributed by atoms with Crippen LogP contribution in [0.15, 0.2) is 0 Å². The van der Waals surface area contributed by atoms with Crippen LogP contribution in [0.4, 0.5) is 0 Å². The van der Waals surface area contributed by atoms with E-state index in [9.17, 15) is 5.11 Å². The number of ether oxygens (including phenoxy) is 2. The molecule has 2 atom stereocenters. The average Bonchev–Trinajstić information content (AvgIpc) is 2.80. The normalized spacial score (nSPS) is 64.8. The van der Waals surface area contributed by atoms with E-state index in [1.54, 1.807) is 0 Å². The Labute approximate surface area is 108 Å². The lowest BCUT2D eigenvalue weighted by Gasteiger charge is -2.58. The Morgan fingerprint density at radius 3 is 1.72 bits per heavy atom. The van der Waals surface area contributed by atoms with Gasteiger partial charge in [-0.3, -0.25) is 0 Å². The van der Waals surface area contributed by atoms with Crippen molar-refractivity contribution in [3.63, 3.8) is 0 Å². The van der Waals surface area contributed by atoms with Gasteiger partial charge in [0.1, 0.15) is 0 Å². The van der Waals surface area contributed by atoms with Crippen molar-refractivity contribution in [2.24, 2.45) is 23.7 Å². The molecule has 0 aromatic heterocycles. The Hall–Kier alpha value is -0.120. The molecule has 6 fully saturated rings. The van der Waals surface area contributed by atoms with Gasteiger partial charge in [-0.1, -0.05) is 0 Å². The largest absolute Gasteiger partial charge is 0.393 e. The van der Waals surface area contributed by atoms with E-state index in [2.05, 4.69) is 0 Å². The summed E-state index contributed by atoms with van der Waals surface area (Å²) < 4.78 is 12.9. The van der Waals surface area contributed by atoms with Crippen molar-refractivity contribution < 1.29 is 14.6 Å². The molecule has 1 heterocycles. The maximum Gasteiger partial charge on any atom is 0.174 e. The molecular formula is C15H22O3. The zero-order valence-electron chi connectivity index (χ0n) is 10.8. The molecule has 4 bridgehead atoms. The van der Waals surface area contributed by atoms with Crippen molar-refractivity contribution in [2.45, 2.75) is 69.0 Å². The van der Waals surface area contributed by atoms with Crippen molar-refractivity contribution in [3.05, 3.63) is 0 Å². The first kappa shape index (κ1) is 10.6. The summed E-state index contributed by atoms with van der Waals surface area (Å²) in [5.41, 5.74) is 0. The summed E-state index contributed by atoms with van der Waals surface area (Å²) in [6, 6.07) is 0. The van der Waals surface area contributed by atoms with Gasteiger partial charge in [0.05, 0.1) is 18.3 Å². The highest BCUT2D eigenvalue weighted by Gasteiger charge is 2.65. The van der Waals surface area contributed by atoms with E-state index in [1.807, 2.05) is 0 Å². The Kier molecular flexibility index (Phi) is 1.95. The summed E-state index contributed by atoms with van der Waals surface area (Å²) in [4.78, 5) is 0. The Morgan fingerprint density at radius 1 is 0.722 bits per heavy atom. The average molecular weight is 250 g/mol. The number of hydrogen-bond donors (Lipinski definition) is 1. The van der Waals surface area contributed by atoms with Crippen LogP contribution in [0.1, 0.15) is 44.9 Å². The molecule has 2 unspecified atom stereocenters. The smallest absolute Gasteiger partial charge is 0.174 e. The summed E-state index contributed by atoms with van der Waals surface area (Å²) in [6.45, 7) is 0. The third kappa shape index (κ3) is 1.21. The molecule has 6 rings (SSSR count). The minimum atomic E-state index is -0.233.